The van der Waals surface area contributed by atoms with Gasteiger partial charge < -0.3 is 5.32 Å². The molecule has 1 atom stereocenters. The van der Waals surface area contributed by atoms with E-state index in [2.05, 4.69) is 10.0 Å². The van der Waals surface area contributed by atoms with E-state index in [0.29, 0.717) is 0 Å². The Bertz CT molecular complexity index is 929. The van der Waals surface area contributed by atoms with Crippen LogP contribution in [0.5, 0.6) is 0 Å². The molecule has 0 saturated heterocycles. The Labute approximate surface area is 162 Å². The molecule has 1 aliphatic carbocycles. The molecule has 0 aromatic heterocycles. The second-order valence-electron chi connectivity index (χ2n) is 6.26. The molecule has 1 fully saturated rings. The fourth-order valence-electron chi connectivity index (χ4n) is 2.49. The minimum atomic E-state index is -3.80. The average Bonchev–Trinajstić information content (AvgIpc) is 3.38. The Morgan fingerprint density at radius 1 is 1.12 bits per heavy atom. The van der Waals surface area contributed by atoms with Gasteiger partial charge in [0.2, 0.25) is 10.0 Å². The molecule has 1 saturated carbocycles. The second-order valence-corrected chi connectivity index (χ2v) is 8.76. The fourth-order valence-corrected chi connectivity index (χ4v) is 4.66. The number of sulfonamides is 1. The molecule has 26 heavy (non-hydrogen) atoms. The van der Waals surface area contributed by atoms with E-state index in [-0.39, 0.29) is 32.6 Å². The van der Waals surface area contributed by atoms with Gasteiger partial charge in [-0.2, -0.15) is 0 Å². The predicted octanol–water partition coefficient (Wildman–Crippen LogP) is 3.93. The van der Waals surface area contributed by atoms with Crippen molar-refractivity contribution in [1.82, 2.24) is 10.0 Å². The highest BCUT2D eigenvalue weighted by atomic mass is 35.5. The van der Waals surface area contributed by atoms with E-state index in [1.807, 2.05) is 37.3 Å². The first-order chi connectivity index (χ1) is 12.3. The lowest BCUT2D eigenvalue weighted by molar-refractivity contribution is 0.0940. The van der Waals surface area contributed by atoms with Gasteiger partial charge in [0.25, 0.3) is 5.91 Å². The van der Waals surface area contributed by atoms with Crippen LogP contribution in [0.2, 0.25) is 10.0 Å². The van der Waals surface area contributed by atoms with E-state index in [0.717, 1.165) is 18.4 Å². The normalized spacial score (nSPS) is 15.5. The van der Waals surface area contributed by atoms with Crippen molar-refractivity contribution in [2.75, 3.05) is 0 Å². The Balaban J connectivity index is 1.87. The van der Waals surface area contributed by atoms with Crippen LogP contribution >= 0.6 is 23.2 Å². The van der Waals surface area contributed by atoms with E-state index < -0.39 is 15.9 Å². The van der Waals surface area contributed by atoms with Crippen LogP contribution in [-0.4, -0.2) is 20.4 Å². The molecular formula is C18H18Cl2N2O3S. The highest BCUT2D eigenvalue weighted by molar-refractivity contribution is 7.89. The van der Waals surface area contributed by atoms with Crippen LogP contribution in [0, 0.1) is 0 Å². The van der Waals surface area contributed by atoms with Gasteiger partial charge in [0.05, 0.1) is 21.7 Å². The van der Waals surface area contributed by atoms with Gasteiger partial charge in [-0.3, -0.25) is 4.79 Å². The molecule has 5 nitrogen and oxygen atoms in total. The van der Waals surface area contributed by atoms with Crippen LogP contribution in [0.3, 0.4) is 0 Å². The molecule has 0 unspecified atom stereocenters. The molecule has 0 radical (unpaired) electrons. The van der Waals surface area contributed by atoms with Gasteiger partial charge in [-0.25, -0.2) is 13.1 Å². The number of hydrogen-bond donors (Lipinski definition) is 2. The maximum Gasteiger partial charge on any atom is 0.253 e. The molecule has 3 rings (SSSR count). The summed E-state index contributed by atoms with van der Waals surface area (Å²) >= 11 is 12.2. The van der Waals surface area contributed by atoms with Gasteiger partial charge in [-0.1, -0.05) is 53.5 Å². The molecule has 1 aliphatic rings. The van der Waals surface area contributed by atoms with Crippen LogP contribution in [-0.2, 0) is 10.0 Å². The lowest BCUT2D eigenvalue weighted by Crippen LogP contribution is -2.29. The largest absolute Gasteiger partial charge is 0.345 e. The van der Waals surface area contributed by atoms with Crippen molar-refractivity contribution < 1.29 is 13.2 Å². The topological polar surface area (TPSA) is 75.3 Å². The van der Waals surface area contributed by atoms with Gasteiger partial charge in [-0.15, -0.1) is 0 Å². The van der Waals surface area contributed by atoms with Crippen LogP contribution < -0.4 is 10.0 Å². The Hall–Kier alpha value is -1.60. The van der Waals surface area contributed by atoms with Crippen molar-refractivity contribution in [3.05, 3.63) is 63.6 Å². The first-order valence-corrected chi connectivity index (χ1v) is 10.4. The number of rotatable bonds is 6. The summed E-state index contributed by atoms with van der Waals surface area (Å²) in [5, 5.41) is 2.90. The van der Waals surface area contributed by atoms with Gasteiger partial charge >= 0.3 is 0 Å². The Morgan fingerprint density at radius 2 is 1.77 bits per heavy atom. The van der Waals surface area contributed by atoms with E-state index in [4.69, 9.17) is 23.2 Å². The molecule has 138 valence electrons. The van der Waals surface area contributed by atoms with Gasteiger partial charge in [-0.05, 0) is 37.5 Å². The molecule has 2 N–H and O–H groups in total. The number of halogens is 2. The lowest BCUT2D eigenvalue weighted by Gasteiger charge is -2.16. The Kier molecular flexibility index (Phi) is 5.58. The fraction of sp³-hybridized carbons (Fsp3) is 0.278. The summed E-state index contributed by atoms with van der Waals surface area (Å²) in [5.74, 6) is -0.467. The first kappa shape index (κ1) is 19.2. The molecule has 2 aromatic carbocycles. The lowest BCUT2D eigenvalue weighted by atomic mass is 10.1. The van der Waals surface area contributed by atoms with Crippen LogP contribution in [0.1, 0.15) is 41.7 Å². The molecule has 1 amide bonds. The highest BCUT2D eigenvalue weighted by Crippen LogP contribution is 2.31. The molecule has 0 bridgehead atoms. The zero-order chi connectivity index (χ0) is 18.9. The third kappa shape index (κ3) is 4.38. The summed E-state index contributed by atoms with van der Waals surface area (Å²) in [6, 6.07) is 11.6. The van der Waals surface area contributed by atoms with Crippen molar-refractivity contribution in [3.8, 4) is 0 Å². The number of benzene rings is 2. The summed E-state index contributed by atoms with van der Waals surface area (Å²) in [6.45, 7) is 1.84. The summed E-state index contributed by atoms with van der Waals surface area (Å²) in [7, 11) is -3.80. The first-order valence-electron chi connectivity index (χ1n) is 8.15. The minimum Gasteiger partial charge on any atom is -0.345 e. The van der Waals surface area contributed by atoms with Gasteiger partial charge in [0.15, 0.2) is 0 Å². The van der Waals surface area contributed by atoms with E-state index in [1.165, 1.54) is 12.1 Å². The van der Waals surface area contributed by atoms with Gasteiger partial charge in [0.1, 0.15) is 4.90 Å². The minimum absolute atomic E-state index is 0.0178. The van der Waals surface area contributed by atoms with Crippen molar-refractivity contribution >= 4 is 39.1 Å². The van der Waals surface area contributed by atoms with Crippen LogP contribution in [0.25, 0.3) is 0 Å². The summed E-state index contributed by atoms with van der Waals surface area (Å²) in [4.78, 5) is 12.5. The van der Waals surface area contributed by atoms with E-state index in [1.54, 1.807) is 0 Å². The molecule has 0 aliphatic heterocycles. The van der Waals surface area contributed by atoms with Crippen molar-refractivity contribution in [2.24, 2.45) is 0 Å². The van der Waals surface area contributed by atoms with Gasteiger partial charge in [0, 0.05) is 6.04 Å². The smallest absolute Gasteiger partial charge is 0.253 e. The maximum absolute atomic E-state index is 12.6. The molecule has 2 aromatic rings. The number of hydrogen-bond acceptors (Lipinski definition) is 3. The van der Waals surface area contributed by atoms with Crippen LogP contribution in [0.4, 0.5) is 0 Å². The van der Waals surface area contributed by atoms with E-state index in [9.17, 15) is 13.2 Å². The second kappa shape index (κ2) is 7.56. The Morgan fingerprint density at radius 3 is 2.38 bits per heavy atom. The van der Waals surface area contributed by atoms with Crippen molar-refractivity contribution in [3.63, 3.8) is 0 Å². The number of carbonyl (C=O) groups is 1. The van der Waals surface area contributed by atoms with Crippen molar-refractivity contribution in [2.45, 2.75) is 36.7 Å². The molecule has 0 spiro atoms. The third-order valence-corrected chi connectivity index (χ3v) is 6.40. The van der Waals surface area contributed by atoms with E-state index >= 15 is 0 Å². The summed E-state index contributed by atoms with van der Waals surface area (Å²) in [6.07, 6.45) is 1.60. The summed E-state index contributed by atoms with van der Waals surface area (Å²) < 4.78 is 27.5. The van der Waals surface area contributed by atoms with Crippen LogP contribution in [0.15, 0.2) is 47.4 Å². The third-order valence-electron chi connectivity index (χ3n) is 4.10. The highest BCUT2D eigenvalue weighted by Gasteiger charge is 2.30. The summed E-state index contributed by atoms with van der Waals surface area (Å²) in [5.41, 5.74) is 0.990. The monoisotopic (exact) mass is 412 g/mol. The zero-order valence-corrected chi connectivity index (χ0v) is 16.3. The number of amides is 1. The van der Waals surface area contributed by atoms with Crippen molar-refractivity contribution in [1.29, 1.82) is 0 Å². The number of carbonyl (C=O) groups excluding carboxylic acids is 1. The molecular weight excluding hydrogens is 395 g/mol. The zero-order valence-electron chi connectivity index (χ0n) is 14.0. The number of nitrogens with one attached hydrogen (secondary N) is 2. The predicted molar refractivity (Wildman–Crippen MR) is 102 cm³/mol. The maximum atomic E-state index is 12.6. The SMILES string of the molecule is C[C@@H](NC(=O)c1cc(S(=O)(=O)NC2CC2)c(Cl)cc1Cl)c1ccccc1. The molecule has 0 heterocycles. The standard InChI is InChI=1S/C18H18Cl2N2O3S/c1-11(12-5-3-2-4-6-12)21-18(23)14-9-17(16(20)10-15(14)19)26(24,25)22-13-7-8-13/h2-6,9-11,13,22H,7-8H2,1H3,(H,21,23)/t11-/m1/s1. The quantitative estimate of drug-likeness (QED) is 0.754. The average molecular weight is 413 g/mol. The molecule has 8 heteroatoms.